The summed E-state index contributed by atoms with van der Waals surface area (Å²) in [5.41, 5.74) is 1.99. The van der Waals surface area contributed by atoms with Gasteiger partial charge in [0, 0.05) is 34.6 Å². The minimum absolute atomic E-state index is 0.232. The molecule has 1 saturated carbocycles. The summed E-state index contributed by atoms with van der Waals surface area (Å²) < 4.78 is 21.0. The van der Waals surface area contributed by atoms with E-state index in [1.165, 1.54) is 4.90 Å². The average molecular weight is 527 g/mol. The molecule has 3 aromatic rings. The number of fused-ring (bicyclic) bond motifs is 1. The molecule has 1 amide bonds. The van der Waals surface area contributed by atoms with Gasteiger partial charge in [-0.2, -0.15) is 5.26 Å². The predicted molar refractivity (Wildman–Crippen MR) is 140 cm³/mol. The fraction of sp³-hybridized carbons (Fsp3) is 0.464. The van der Waals surface area contributed by atoms with Crippen LogP contribution in [0.25, 0.3) is 11.0 Å². The lowest BCUT2D eigenvalue weighted by Crippen LogP contribution is -2.44. The first kappa shape index (κ1) is 26.7. The molecule has 2 aromatic carbocycles. The van der Waals surface area contributed by atoms with Crippen LogP contribution >= 0.6 is 11.6 Å². The van der Waals surface area contributed by atoms with Crippen molar-refractivity contribution in [3.05, 3.63) is 59.4 Å². The number of nitriles is 1. The van der Waals surface area contributed by atoms with Gasteiger partial charge in [-0.25, -0.2) is 14.7 Å². The van der Waals surface area contributed by atoms with E-state index in [9.17, 15) is 14.6 Å². The largest absolute Gasteiger partial charge is 0.493 e. The molecule has 9 heteroatoms. The summed E-state index contributed by atoms with van der Waals surface area (Å²) in [6, 6.07) is 14.8. The van der Waals surface area contributed by atoms with Gasteiger partial charge in [-0.15, -0.1) is 0 Å². The first-order valence-electron chi connectivity index (χ1n) is 12.6. The number of imidazole rings is 1. The summed E-state index contributed by atoms with van der Waals surface area (Å²) in [5.74, 6) is 1.31. The molecule has 196 valence electrons. The maximum Gasteiger partial charge on any atom is 0.447 e. The summed E-state index contributed by atoms with van der Waals surface area (Å²) in [4.78, 5) is 21.9. The summed E-state index contributed by atoms with van der Waals surface area (Å²) in [5, 5.41) is 9.88. The van der Waals surface area contributed by atoms with E-state index in [2.05, 4.69) is 20.6 Å². The fourth-order valence-electron chi connectivity index (χ4n) is 5.22. The zero-order valence-corrected chi connectivity index (χ0v) is 22.0. The molecule has 0 aliphatic heterocycles. The third kappa shape index (κ3) is 7.14. The SMILES string of the molecule is CC(C)(COc1ccc(Cl)cc1)CN(CC1CCC[C@H](Cn2cnc3ccc(C#N)cc32)C1)C(=O)OF. The van der Waals surface area contributed by atoms with Crippen molar-refractivity contribution in [2.75, 3.05) is 19.7 Å². The third-order valence-electron chi connectivity index (χ3n) is 6.96. The van der Waals surface area contributed by atoms with Crippen molar-refractivity contribution in [2.24, 2.45) is 17.3 Å². The Bertz CT molecular complexity index is 1250. The number of benzene rings is 2. The van der Waals surface area contributed by atoms with Crippen molar-refractivity contribution >= 4 is 28.7 Å². The molecule has 7 nitrogen and oxygen atoms in total. The normalized spacial score (nSPS) is 17.8. The Kier molecular flexibility index (Phi) is 8.55. The number of nitrogens with zero attached hydrogens (tertiary/aromatic N) is 4. The lowest BCUT2D eigenvalue weighted by Gasteiger charge is -2.36. The first-order chi connectivity index (χ1) is 17.8. The molecule has 0 bridgehead atoms. The maximum absolute atomic E-state index is 13.0. The minimum atomic E-state index is -0.966. The van der Waals surface area contributed by atoms with Crippen molar-refractivity contribution in [2.45, 2.75) is 46.1 Å². The summed E-state index contributed by atoms with van der Waals surface area (Å²) in [6.45, 7) is 5.81. The summed E-state index contributed by atoms with van der Waals surface area (Å²) in [6.07, 6.45) is 4.85. The molecular formula is C28H32ClFN4O3. The van der Waals surface area contributed by atoms with E-state index in [4.69, 9.17) is 16.3 Å². The second-order valence-corrected chi connectivity index (χ2v) is 11.2. The minimum Gasteiger partial charge on any atom is -0.493 e. The number of carbonyl (C=O) groups is 1. The zero-order chi connectivity index (χ0) is 26.4. The molecule has 2 atom stereocenters. The molecule has 0 radical (unpaired) electrons. The van der Waals surface area contributed by atoms with Crippen molar-refractivity contribution in [3.8, 4) is 11.8 Å². The molecule has 0 saturated heterocycles. The van der Waals surface area contributed by atoms with E-state index in [0.717, 1.165) is 43.3 Å². The zero-order valence-electron chi connectivity index (χ0n) is 21.2. The first-order valence-corrected chi connectivity index (χ1v) is 12.9. The Labute approximate surface area is 221 Å². The molecule has 1 fully saturated rings. The van der Waals surface area contributed by atoms with Gasteiger partial charge in [0.25, 0.3) is 0 Å². The van der Waals surface area contributed by atoms with E-state index < -0.39 is 11.5 Å². The van der Waals surface area contributed by atoms with Gasteiger partial charge in [0.05, 0.1) is 35.6 Å². The molecular weight excluding hydrogens is 495 g/mol. The Morgan fingerprint density at radius 2 is 2.00 bits per heavy atom. The van der Waals surface area contributed by atoms with Gasteiger partial charge in [0.2, 0.25) is 0 Å². The van der Waals surface area contributed by atoms with Gasteiger partial charge in [0.1, 0.15) is 5.75 Å². The number of hydrogen-bond donors (Lipinski definition) is 0. The third-order valence-corrected chi connectivity index (χ3v) is 7.21. The highest BCUT2D eigenvalue weighted by Crippen LogP contribution is 2.33. The highest BCUT2D eigenvalue weighted by molar-refractivity contribution is 6.30. The molecule has 0 spiro atoms. The van der Waals surface area contributed by atoms with Crippen molar-refractivity contribution in [1.29, 1.82) is 5.26 Å². The fourth-order valence-corrected chi connectivity index (χ4v) is 5.35. The number of aromatic nitrogens is 2. The van der Waals surface area contributed by atoms with Gasteiger partial charge in [-0.05, 0) is 73.6 Å². The number of rotatable bonds is 9. The number of hydrogen-bond acceptors (Lipinski definition) is 5. The van der Waals surface area contributed by atoms with Crippen LogP contribution in [-0.2, 0) is 11.5 Å². The Hall–Kier alpha value is -3.31. The molecule has 1 aliphatic rings. The highest BCUT2D eigenvalue weighted by Gasteiger charge is 2.31. The van der Waals surface area contributed by atoms with E-state index in [-0.39, 0.29) is 5.92 Å². The predicted octanol–water partition coefficient (Wildman–Crippen LogP) is 6.80. The van der Waals surface area contributed by atoms with Crippen LogP contribution in [0.3, 0.4) is 0 Å². The van der Waals surface area contributed by atoms with Gasteiger partial charge >= 0.3 is 6.09 Å². The lowest BCUT2D eigenvalue weighted by molar-refractivity contribution is -0.0853. The van der Waals surface area contributed by atoms with Crippen LogP contribution in [0.1, 0.15) is 45.1 Å². The van der Waals surface area contributed by atoms with E-state index in [1.54, 1.807) is 30.3 Å². The van der Waals surface area contributed by atoms with Crippen molar-refractivity contribution in [3.63, 3.8) is 0 Å². The van der Waals surface area contributed by atoms with Gasteiger partial charge < -0.3 is 14.2 Å². The molecule has 1 unspecified atom stereocenters. The molecule has 1 aromatic heterocycles. The van der Waals surface area contributed by atoms with E-state index in [0.29, 0.717) is 41.9 Å². The summed E-state index contributed by atoms with van der Waals surface area (Å²) >= 11 is 5.94. The smallest absolute Gasteiger partial charge is 0.447 e. The molecule has 1 heterocycles. The van der Waals surface area contributed by atoms with E-state index >= 15 is 0 Å². The van der Waals surface area contributed by atoms with Crippen LogP contribution in [0, 0.1) is 28.6 Å². The van der Waals surface area contributed by atoms with Crippen molar-refractivity contribution < 1.29 is 19.0 Å². The van der Waals surface area contributed by atoms with Gasteiger partial charge in [-0.3, -0.25) is 0 Å². The number of ether oxygens (including phenoxy) is 1. The number of carbonyl (C=O) groups excluding carboxylic acids is 1. The lowest BCUT2D eigenvalue weighted by atomic mass is 9.80. The van der Waals surface area contributed by atoms with Crippen LogP contribution in [-0.4, -0.2) is 40.2 Å². The van der Waals surface area contributed by atoms with Crippen LogP contribution in [0.15, 0.2) is 48.8 Å². The standard InChI is InChI=1S/C28H32ClFN4O3/c1-28(2,18-36-24-9-7-23(29)8-10-24)17-33(27(35)37-30)15-21-4-3-5-22(12-21)16-34-19-32-25-11-6-20(14-31)13-26(25)34/h6-11,13,19,21-22H,3-5,12,15-18H2,1-2H3/t21?,22-/m0/s1. The van der Waals surface area contributed by atoms with Crippen molar-refractivity contribution in [1.82, 2.24) is 14.5 Å². The van der Waals surface area contributed by atoms with Crippen LogP contribution in [0.4, 0.5) is 9.32 Å². The van der Waals surface area contributed by atoms with Gasteiger partial charge in [-0.1, -0.05) is 31.9 Å². The quantitative estimate of drug-likeness (QED) is 0.306. The molecule has 37 heavy (non-hydrogen) atoms. The number of halogens is 2. The maximum atomic E-state index is 13.0. The molecule has 0 N–H and O–H groups in total. The van der Waals surface area contributed by atoms with Gasteiger partial charge in [0.15, 0.2) is 0 Å². The average Bonchev–Trinajstić information content (AvgIpc) is 3.29. The Morgan fingerprint density at radius 3 is 2.73 bits per heavy atom. The monoisotopic (exact) mass is 526 g/mol. The van der Waals surface area contributed by atoms with E-state index in [1.807, 2.05) is 32.3 Å². The Morgan fingerprint density at radius 1 is 1.24 bits per heavy atom. The summed E-state index contributed by atoms with van der Waals surface area (Å²) in [7, 11) is 0. The van der Waals surface area contributed by atoms with Crippen LogP contribution in [0.5, 0.6) is 5.75 Å². The molecule has 1 aliphatic carbocycles. The molecule has 4 rings (SSSR count). The van der Waals surface area contributed by atoms with Crippen LogP contribution in [0.2, 0.25) is 5.02 Å². The number of amides is 1. The second-order valence-electron chi connectivity index (χ2n) is 10.7. The topological polar surface area (TPSA) is 80.4 Å². The second kappa shape index (κ2) is 11.8. The Balaban J connectivity index is 1.37. The van der Waals surface area contributed by atoms with Crippen LogP contribution < -0.4 is 4.74 Å². The highest BCUT2D eigenvalue weighted by atomic mass is 35.5.